The molecule has 0 aliphatic carbocycles. The Balaban J connectivity index is 3.04. The highest BCUT2D eigenvalue weighted by molar-refractivity contribution is 5.50. The SMILES string of the molecule is C=[C]c1cccc(OCCC)c1C#N. The third-order valence-corrected chi connectivity index (χ3v) is 1.79. The van der Waals surface area contributed by atoms with Crippen molar-refractivity contribution in [1.82, 2.24) is 0 Å². The molecule has 2 heteroatoms. The molecule has 0 amide bonds. The van der Waals surface area contributed by atoms with Crippen molar-refractivity contribution in [3.05, 3.63) is 42.0 Å². The second-order valence-electron chi connectivity index (χ2n) is 2.82. The fourth-order valence-corrected chi connectivity index (χ4v) is 1.13. The summed E-state index contributed by atoms with van der Waals surface area (Å²) in [6, 6.07) is 7.51. The van der Waals surface area contributed by atoms with Crippen LogP contribution in [0.15, 0.2) is 24.8 Å². The summed E-state index contributed by atoms with van der Waals surface area (Å²) in [5.41, 5.74) is 1.21. The van der Waals surface area contributed by atoms with Gasteiger partial charge in [0.05, 0.1) is 6.61 Å². The van der Waals surface area contributed by atoms with Crippen LogP contribution in [-0.4, -0.2) is 6.61 Å². The number of nitrogens with zero attached hydrogens (tertiary/aromatic N) is 1. The third kappa shape index (κ3) is 2.14. The van der Waals surface area contributed by atoms with Crippen LogP contribution in [0.3, 0.4) is 0 Å². The monoisotopic (exact) mass is 186 g/mol. The quantitative estimate of drug-likeness (QED) is 0.724. The summed E-state index contributed by atoms with van der Waals surface area (Å²) in [7, 11) is 0. The highest BCUT2D eigenvalue weighted by atomic mass is 16.5. The molecule has 0 aliphatic heterocycles. The molecule has 0 heterocycles. The second kappa shape index (κ2) is 5.08. The zero-order valence-electron chi connectivity index (χ0n) is 8.21. The van der Waals surface area contributed by atoms with E-state index in [1.807, 2.05) is 13.0 Å². The molecule has 0 saturated heterocycles. The molecule has 0 aliphatic rings. The van der Waals surface area contributed by atoms with Crippen molar-refractivity contribution < 1.29 is 4.74 Å². The van der Waals surface area contributed by atoms with E-state index in [1.165, 1.54) is 0 Å². The van der Waals surface area contributed by atoms with Crippen LogP contribution in [0.2, 0.25) is 0 Å². The van der Waals surface area contributed by atoms with Crippen LogP contribution >= 0.6 is 0 Å². The minimum absolute atomic E-state index is 0.510. The van der Waals surface area contributed by atoms with Crippen molar-refractivity contribution in [2.24, 2.45) is 0 Å². The topological polar surface area (TPSA) is 33.0 Å². The summed E-state index contributed by atoms with van der Waals surface area (Å²) in [6.45, 7) is 6.17. The number of benzene rings is 1. The summed E-state index contributed by atoms with van der Waals surface area (Å²) in [4.78, 5) is 0. The van der Waals surface area contributed by atoms with Gasteiger partial charge in [-0.15, -0.1) is 0 Å². The Kier molecular flexibility index (Phi) is 3.75. The zero-order valence-corrected chi connectivity index (χ0v) is 8.21. The molecule has 0 aromatic heterocycles. The van der Waals surface area contributed by atoms with E-state index in [0.29, 0.717) is 23.5 Å². The lowest BCUT2D eigenvalue weighted by molar-refractivity contribution is 0.316. The minimum Gasteiger partial charge on any atom is -0.492 e. The van der Waals surface area contributed by atoms with E-state index in [1.54, 1.807) is 12.1 Å². The molecule has 0 bridgehead atoms. The third-order valence-electron chi connectivity index (χ3n) is 1.79. The average molecular weight is 186 g/mol. The van der Waals surface area contributed by atoms with Gasteiger partial charge in [0.25, 0.3) is 0 Å². The maximum Gasteiger partial charge on any atom is 0.137 e. The van der Waals surface area contributed by atoms with Crippen LogP contribution in [-0.2, 0) is 0 Å². The van der Waals surface area contributed by atoms with Gasteiger partial charge in [0, 0.05) is 5.56 Å². The Hall–Kier alpha value is -1.75. The zero-order chi connectivity index (χ0) is 10.4. The van der Waals surface area contributed by atoms with Crippen LogP contribution < -0.4 is 4.74 Å². The van der Waals surface area contributed by atoms with Crippen LogP contribution in [0.5, 0.6) is 5.75 Å². The lowest BCUT2D eigenvalue weighted by Gasteiger charge is -2.07. The predicted molar refractivity (Wildman–Crippen MR) is 54.9 cm³/mol. The summed E-state index contributed by atoms with van der Waals surface area (Å²) in [6.07, 6.45) is 3.63. The Morgan fingerprint density at radius 3 is 2.86 bits per heavy atom. The Labute approximate surface area is 84.4 Å². The smallest absolute Gasteiger partial charge is 0.137 e. The Bertz CT molecular complexity index is 363. The highest BCUT2D eigenvalue weighted by Gasteiger charge is 2.06. The van der Waals surface area contributed by atoms with Gasteiger partial charge >= 0.3 is 0 Å². The summed E-state index contributed by atoms with van der Waals surface area (Å²) in [5.74, 6) is 0.614. The van der Waals surface area contributed by atoms with Gasteiger partial charge in [-0.25, -0.2) is 0 Å². The van der Waals surface area contributed by atoms with Gasteiger partial charge in [-0.2, -0.15) is 5.26 Å². The Morgan fingerprint density at radius 1 is 1.50 bits per heavy atom. The normalized spacial score (nSPS) is 9.14. The lowest BCUT2D eigenvalue weighted by Crippen LogP contribution is -1.98. The van der Waals surface area contributed by atoms with E-state index in [9.17, 15) is 0 Å². The molecule has 1 radical (unpaired) electrons. The van der Waals surface area contributed by atoms with Crippen molar-refractivity contribution in [2.45, 2.75) is 13.3 Å². The first-order valence-electron chi connectivity index (χ1n) is 4.52. The molecule has 71 valence electrons. The van der Waals surface area contributed by atoms with Crippen LogP contribution in [0.4, 0.5) is 0 Å². The number of ether oxygens (including phenoxy) is 1. The molecule has 1 aromatic rings. The molecule has 0 atom stereocenters. The average Bonchev–Trinajstić information content (AvgIpc) is 2.25. The maximum atomic E-state index is 8.93. The van der Waals surface area contributed by atoms with Crippen LogP contribution in [0, 0.1) is 17.4 Å². The highest BCUT2D eigenvalue weighted by Crippen LogP contribution is 2.21. The molecule has 1 rings (SSSR count). The van der Waals surface area contributed by atoms with Crippen molar-refractivity contribution in [3.63, 3.8) is 0 Å². The first-order valence-corrected chi connectivity index (χ1v) is 4.52. The summed E-state index contributed by atoms with van der Waals surface area (Å²) < 4.78 is 5.43. The van der Waals surface area contributed by atoms with Crippen LogP contribution in [0.1, 0.15) is 24.5 Å². The molecule has 0 N–H and O–H groups in total. The molecule has 0 saturated carbocycles. The first-order chi connectivity index (χ1) is 6.83. The number of nitriles is 1. The van der Waals surface area contributed by atoms with Gasteiger partial charge in [-0.05, 0) is 18.6 Å². The van der Waals surface area contributed by atoms with Gasteiger partial charge < -0.3 is 4.74 Å². The van der Waals surface area contributed by atoms with Crippen molar-refractivity contribution in [1.29, 1.82) is 5.26 Å². The van der Waals surface area contributed by atoms with E-state index in [-0.39, 0.29) is 0 Å². The molecule has 2 nitrogen and oxygen atoms in total. The van der Waals surface area contributed by atoms with E-state index in [4.69, 9.17) is 10.00 Å². The molecule has 1 aromatic carbocycles. The molecular weight excluding hydrogens is 174 g/mol. The number of rotatable bonds is 4. The van der Waals surface area contributed by atoms with E-state index < -0.39 is 0 Å². The fourth-order valence-electron chi connectivity index (χ4n) is 1.13. The predicted octanol–water partition coefficient (Wildman–Crippen LogP) is 2.68. The van der Waals surface area contributed by atoms with Gasteiger partial charge in [-0.1, -0.05) is 25.6 Å². The number of hydrogen-bond acceptors (Lipinski definition) is 2. The minimum atomic E-state index is 0.510. The second-order valence-corrected chi connectivity index (χ2v) is 2.82. The lowest BCUT2D eigenvalue weighted by atomic mass is 10.1. The van der Waals surface area contributed by atoms with Crippen LogP contribution in [0.25, 0.3) is 0 Å². The molecule has 0 unspecified atom stereocenters. The summed E-state index contributed by atoms with van der Waals surface area (Å²) in [5, 5.41) is 8.93. The maximum absolute atomic E-state index is 8.93. The van der Waals surface area contributed by atoms with Gasteiger partial charge in [0.1, 0.15) is 17.4 Å². The van der Waals surface area contributed by atoms with Crippen molar-refractivity contribution in [3.8, 4) is 11.8 Å². The first kappa shape index (κ1) is 10.3. The molecule has 14 heavy (non-hydrogen) atoms. The van der Waals surface area contributed by atoms with Crippen molar-refractivity contribution in [2.75, 3.05) is 6.61 Å². The largest absolute Gasteiger partial charge is 0.492 e. The summed E-state index contributed by atoms with van der Waals surface area (Å²) >= 11 is 0. The molecular formula is C12H12NO. The molecule has 0 spiro atoms. The van der Waals surface area contributed by atoms with E-state index in [0.717, 1.165) is 6.42 Å². The fraction of sp³-hybridized carbons (Fsp3) is 0.250. The standard InChI is InChI=1S/C12H12NO/c1-3-8-14-12-7-5-6-10(4-2)11(12)9-13/h5-7H,2-3,8H2,1H3. The van der Waals surface area contributed by atoms with E-state index >= 15 is 0 Å². The van der Waals surface area contributed by atoms with E-state index in [2.05, 4.69) is 18.7 Å². The van der Waals surface area contributed by atoms with Gasteiger partial charge in [0.15, 0.2) is 0 Å². The molecule has 0 fully saturated rings. The van der Waals surface area contributed by atoms with Gasteiger partial charge in [-0.3, -0.25) is 0 Å². The number of hydrogen-bond donors (Lipinski definition) is 0. The van der Waals surface area contributed by atoms with Gasteiger partial charge in [0.2, 0.25) is 0 Å². The van der Waals surface area contributed by atoms with Crippen molar-refractivity contribution >= 4 is 0 Å². The Morgan fingerprint density at radius 2 is 2.29 bits per heavy atom.